The average Bonchev–Trinajstić information content (AvgIpc) is 2.51. The van der Waals surface area contributed by atoms with E-state index < -0.39 is 29.3 Å². The molecule has 0 radical (unpaired) electrons. The number of benzene rings is 1. The third-order valence-corrected chi connectivity index (χ3v) is 4.03. The second-order valence-electron chi connectivity index (χ2n) is 7.55. The Morgan fingerprint density at radius 3 is 2.26 bits per heavy atom. The molecule has 0 spiro atoms. The molecule has 150 valence electrons. The van der Waals surface area contributed by atoms with Gasteiger partial charge >= 0.3 is 12.3 Å². The smallest absolute Gasteiger partial charge is 0.416 e. The van der Waals surface area contributed by atoms with Crippen LogP contribution in [0.5, 0.6) is 0 Å². The van der Waals surface area contributed by atoms with Crippen LogP contribution in [0.1, 0.15) is 49.5 Å². The molecule has 3 N–H and O–H groups in total. The topological polar surface area (TPSA) is 84.7 Å². The third kappa shape index (κ3) is 6.04. The lowest BCUT2D eigenvalue weighted by molar-refractivity contribution is -0.137. The van der Waals surface area contributed by atoms with Gasteiger partial charge in [0, 0.05) is 30.4 Å². The summed E-state index contributed by atoms with van der Waals surface area (Å²) in [5.74, 6) is -0.511. The number of carbonyl (C=O) groups is 2. The number of hydrogen-bond acceptors (Lipinski definition) is 4. The maximum Gasteiger partial charge on any atom is 0.416 e. The molecule has 9 heteroatoms. The van der Waals surface area contributed by atoms with Crippen molar-refractivity contribution in [3.05, 3.63) is 29.3 Å². The molecule has 1 aliphatic rings. The van der Waals surface area contributed by atoms with Crippen LogP contribution in [0.25, 0.3) is 0 Å². The van der Waals surface area contributed by atoms with Crippen molar-refractivity contribution in [2.24, 2.45) is 0 Å². The van der Waals surface area contributed by atoms with Crippen molar-refractivity contribution in [2.45, 2.75) is 51.4 Å². The van der Waals surface area contributed by atoms with Crippen molar-refractivity contribution >= 4 is 17.7 Å². The van der Waals surface area contributed by atoms with Crippen molar-refractivity contribution < 1.29 is 27.5 Å². The molecule has 2 rings (SSSR count). The molecule has 0 aromatic heterocycles. The predicted octanol–water partition coefficient (Wildman–Crippen LogP) is 3.42. The molecule has 1 aromatic rings. The monoisotopic (exact) mass is 387 g/mol. The van der Waals surface area contributed by atoms with Crippen LogP contribution in [0, 0.1) is 0 Å². The molecule has 1 saturated heterocycles. The highest BCUT2D eigenvalue weighted by Gasteiger charge is 2.33. The number of nitrogens with zero attached hydrogens (tertiary/aromatic N) is 1. The largest absolute Gasteiger partial charge is 0.444 e. The van der Waals surface area contributed by atoms with E-state index >= 15 is 0 Å². The van der Waals surface area contributed by atoms with Gasteiger partial charge in [-0.2, -0.15) is 13.2 Å². The number of alkyl carbamates (subject to hydrolysis) is 1. The number of amides is 2. The maximum absolute atomic E-state index is 12.9. The van der Waals surface area contributed by atoms with E-state index in [0.29, 0.717) is 25.9 Å². The summed E-state index contributed by atoms with van der Waals surface area (Å²) in [6.07, 6.45) is -4.13. The fraction of sp³-hybridized carbons (Fsp3) is 0.556. The van der Waals surface area contributed by atoms with E-state index in [0.717, 1.165) is 12.1 Å². The quantitative estimate of drug-likeness (QED) is 0.762. The molecular formula is C18H24F3N3O3. The lowest BCUT2D eigenvalue weighted by Crippen LogP contribution is -2.47. The molecular weight excluding hydrogens is 363 g/mol. The number of alkyl halides is 3. The number of nitrogens with two attached hydrogens (primary N) is 1. The highest BCUT2D eigenvalue weighted by molar-refractivity contribution is 5.95. The number of nitrogens with one attached hydrogen (secondary N) is 1. The van der Waals surface area contributed by atoms with E-state index in [2.05, 4.69) is 5.32 Å². The van der Waals surface area contributed by atoms with Crippen LogP contribution in [0.3, 0.4) is 0 Å². The van der Waals surface area contributed by atoms with Gasteiger partial charge in [-0.3, -0.25) is 4.79 Å². The summed E-state index contributed by atoms with van der Waals surface area (Å²) in [6, 6.07) is 2.69. The van der Waals surface area contributed by atoms with Gasteiger partial charge in [0.05, 0.1) is 5.56 Å². The van der Waals surface area contributed by atoms with Crippen LogP contribution in [0.2, 0.25) is 0 Å². The second-order valence-corrected chi connectivity index (χ2v) is 7.55. The van der Waals surface area contributed by atoms with Gasteiger partial charge in [-0.25, -0.2) is 4.79 Å². The van der Waals surface area contributed by atoms with Gasteiger partial charge in [-0.05, 0) is 51.8 Å². The van der Waals surface area contributed by atoms with Crippen molar-refractivity contribution in [3.8, 4) is 0 Å². The van der Waals surface area contributed by atoms with E-state index in [-0.39, 0.29) is 17.3 Å². The molecule has 1 heterocycles. The number of nitrogen functional groups attached to an aromatic ring is 1. The molecule has 1 fully saturated rings. The molecule has 27 heavy (non-hydrogen) atoms. The van der Waals surface area contributed by atoms with Crippen molar-refractivity contribution in [2.75, 3.05) is 18.8 Å². The van der Waals surface area contributed by atoms with Gasteiger partial charge in [-0.1, -0.05) is 0 Å². The zero-order valence-electron chi connectivity index (χ0n) is 15.5. The number of ether oxygens (including phenoxy) is 1. The van der Waals surface area contributed by atoms with Crippen LogP contribution < -0.4 is 11.1 Å². The molecule has 6 nitrogen and oxygen atoms in total. The Balaban J connectivity index is 1.97. The van der Waals surface area contributed by atoms with Crippen molar-refractivity contribution in [1.82, 2.24) is 10.2 Å². The average molecular weight is 387 g/mol. The molecule has 0 unspecified atom stereocenters. The van der Waals surface area contributed by atoms with Gasteiger partial charge < -0.3 is 20.7 Å². The Bertz CT molecular complexity index is 706. The number of hydrogen-bond donors (Lipinski definition) is 2. The minimum absolute atomic E-state index is 0.0964. The van der Waals surface area contributed by atoms with Crippen molar-refractivity contribution in [1.29, 1.82) is 0 Å². The Morgan fingerprint density at radius 1 is 1.15 bits per heavy atom. The normalized spacial score (nSPS) is 16.1. The Kier molecular flexibility index (Phi) is 5.91. The molecule has 0 aliphatic carbocycles. The highest BCUT2D eigenvalue weighted by atomic mass is 19.4. The lowest BCUT2D eigenvalue weighted by Gasteiger charge is -2.33. The molecule has 1 aromatic carbocycles. The molecule has 0 saturated carbocycles. The first-order valence-electron chi connectivity index (χ1n) is 8.62. The summed E-state index contributed by atoms with van der Waals surface area (Å²) in [6.45, 7) is 5.91. The fourth-order valence-corrected chi connectivity index (χ4v) is 2.82. The highest BCUT2D eigenvalue weighted by Crippen LogP contribution is 2.31. The first-order chi connectivity index (χ1) is 12.3. The Morgan fingerprint density at radius 2 is 1.74 bits per heavy atom. The lowest BCUT2D eigenvalue weighted by atomic mass is 10.0. The van der Waals surface area contributed by atoms with Gasteiger partial charge in [0.1, 0.15) is 5.60 Å². The first kappa shape index (κ1) is 20.9. The summed E-state index contributed by atoms with van der Waals surface area (Å²) < 4.78 is 43.9. The molecule has 2 amide bonds. The van der Waals surface area contributed by atoms with Crippen LogP contribution >= 0.6 is 0 Å². The van der Waals surface area contributed by atoms with E-state index in [1.807, 2.05) is 0 Å². The number of piperidine rings is 1. The maximum atomic E-state index is 12.9. The Labute approximate surface area is 155 Å². The van der Waals surface area contributed by atoms with E-state index in [4.69, 9.17) is 10.5 Å². The zero-order chi connectivity index (χ0) is 20.4. The third-order valence-electron chi connectivity index (χ3n) is 4.03. The minimum Gasteiger partial charge on any atom is -0.444 e. The van der Waals surface area contributed by atoms with Gasteiger partial charge in [0.25, 0.3) is 5.91 Å². The van der Waals surface area contributed by atoms with Gasteiger partial charge in [0.15, 0.2) is 0 Å². The number of anilines is 1. The van der Waals surface area contributed by atoms with E-state index in [1.54, 1.807) is 20.8 Å². The summed E-state index contributed by atoms with van der Waals surface area (Å²) in [5.41, 5.74) is 3.75. The SMILES string of the molecule is CC(C)(C)OC(=O)NC1CCN(C(=O)c2cc(N)cc(C(F)(F)F)c2)CC1. The summed E-state index contributed by atoms with van der Waals surface area (Å²) in [7, 11) is 0. The van der Waals surface area contributed by atoms with Gasteiger partial charge in [0.2, 0.25) is 0 Å². The van der Waals surface area contributed by atoms with Crippen LogP contribution in [0.15, 0.2) is 18.2 Å². The zero-order valence-corrected chi connectivity index (χ0v) is 15.5. The Hall–Kier alpha value is -2.45. The fourth-order valence-electron chi connectivity index (χ4n) is 2.82. The molecule has 0 bridgehead atoms. The van der Waals surface area contributed by atoms with Crippen molar-refractivity contribution in [3.63, 3.8) is 0 Å². The first-order valence-corrected chi connectivity index (χ1v) is 8.62. The predicted molar refractivity (Wildman–Crippen MR) is 94.2 cm³/mol. The van der Waals surface area contributed by atoms with E-state index in [1.165, 1.54) is 11.0 Å². The standard InChI is InChI=1S/C18H24F3N3O3/c1-17(2,3)27-16(26)23-14-4-6-24(7-5-14)15(25)11-8-12(18(19,20)21)10-13(22)9-11/h8-10,14H,4-7,22H2,1-3H3,(H,23,26). The number of likely N-dealkylation sites (tertiary alicyclic amines) is 1. The minimum atomic E-state index is -4.57. The van der Waals surface area contributed by atoms with Crippen LogP contribution in [0.4, 0.5) is 23.7 Å². The number of rotatable bonds is 2. The number of carbonyl (C=O) groups excluding carboxylic acids is 2. The molecule has 0 atom stereocenters. The van der Waals surface area contributed by atoms with Gasteiger partial charge in [-0.15, -0.1) is 0 Å². The summed E-state index contributed by atoms with van der Waals surface area (Å²) >= 11 is 0. The number of halogens is 3. The van der Waals surface area contributed by atoms with Crippen LogP contribution in [-0.2, 0) is 10.9 Å². The second kappa shape index (κ2) is 7.66. The van der Waals surface area contributed by atoms with Crippen LogP contribution in [-0.4, -0.2) is 41.6 Å². The summed E-state index contributed by atoms with van der Waals surface area (Å²) in [5, 5.41) is 2.74. The van der Waals surface area contributed by atoms with E-state index in [9.17, 15) is 22.8 Å². The molecule has 1 aliphatic heterocycles. The summed E-state index contributed by atoms with van der Waals surface area (Å²) in [4.78, 5) is 25.8.